The molecule has 1 aromatic heterocycles. The molecule has 4 nitrogen and oxygen atoms in total. The predicted octanol–water partition coefficient (Wildman–Crippen LogP) is 3.28. The third-order valence-electron chi connectivity index (χ3n) is 5.29. The minimum absolute atomic E-state index is 0.0163. The monoisotopic (exact) mass is 335 g/mol. The van der Waals surface area contributed by atoms with Gasteiger partial charge in [-0.1, -0.05) is 42.5 Å². The fourth-order valence-electron chi connectivity index (χ4n) is 3.98. The van der Waals surface area contributed by atoms with Gasteiger partial charge < -0.3 is 9.88 Å². The Kier molecular flexibility index (Phi) is 4.70. The number of para-hydroxylation sites is 2. The molecule has 25 heavy (non-hydrogen) atoms. The average molecular weight is 335 g/mol. The molecule has 1 fully saturated rings. The van der Waals surface area contributed by atoms with Gasteiger partial charge in [0.2, 0.25) is 0 Å². The molecule has 0 saturated carbocycles. The molecule has 0 spiro atoms. The predicted molar refractivity (Wildman–Crippen MR) is 102 cm³/mol. The first-order valence-electron chi connectivity index (χ1n) is 9.23. The number of hydrogen-bond acceptors (Lipinski definition) is 2. The number of fused-ring (bicyclic) bond motifs is 1. The molecule has 1 aliphatic heterocycles. The van der Waals surface area contributed by atoms with Gasteiger partial charge >= 0.3 is 5.69 Å². The van der Waals surface area contributed by atoms with Crippen molar-refractivity contribution in [2.45, 2.75) is 25.8 Å². The van der Waals surface area contributed by atoms with Gasteiger partial charge in [0, 0.05) is 19.6 Å². The zero-order valence-electron chi connectivity index (χ0n) is 14.5. The second-order valence-corrected chi connectivity index (χ2v) is 7.10. The molecule has 130 valence electrons. The number of hydrogen-bond donors (Lipinski definition) is 1. The molecule has 0 bridgehead atoms. The van der Waals surface area contributed by atoms with Gasteiger partial charge in [0.15, 0.2) is 0 Å². The van der Waals surface area contributed by atoms with Crippen LogP contribution < -0.4 is 5.69 Å². The largest absolute Gasteiger partial charge is 0.326 e. The zero-order valence-corrected chi connectivity index (χ0v) is 14.5. The van der Waals surface area contributed by atoms with Crippen LogP contribution in [0, 0.1) is 5.92 Å². The van der Waals surface area contributed by atoms with Gasteiger partial charge in [-0.25, -0.2) is 4.79 Å². The van der Waals surface area contributed by atoms with E-state index >= 15 is 0 Å². The molecular weight excluding hydrogens is 310 g/mol. The molecule has 1 aliphatic rings. The van der Waals surface area contributed by atoms with E-state index in [4.69, 9.17) is 0 Å². The molecule has 0 radical (unpaired) electrons. The zero-order chi connectivity index (χ0) is 17.1. The van der Waals surface area contributed by atoms with Crippen LogP contribution in [-0.2, 0) is 13.0 Å². The van der Waals surface area contributed by atoms with E-state index in [1.807, 2.05) is 28.8 Å². The van der Waals surface area contributed by atoms with Crippen molar-refractivity contribution < 1.29 is 0 Å². The Hall–Kier alpha value is -2.33. The maximum absolute atomic E-state index is 12.3. The number of likely N-dealkylation sites (tertiary alicyclic amines) is 1. The van der Waals surface area contributed by atoms with Crippen molar-refractivity contribution in [3.05, 3.63) is 70.6 Å². The maximum atomic E-state index is 12.3. The van der Waals surface area contributed by atoms with Crippen LogP contribution in [0.2, 0.25) is 0 Å². The van der Waals surface area contributed by atoms with Crippen LogP contribution in [-0.4, -0.2) is 34.1 Å². The van der Waals surface area contributed by atoms with Gasteiger partial charge in [-0.05, 0) is 49.4 Å². The number of benzene rings is 2. The number of aromatic amines is 1. The highest BCUT2D eigenvalue weighted by Crippen LogP contribution is 2.20. The normalized spacial score (nSPS) is 18.6. The summed E-state index contributed by atoms with van der Waals surface area (Å²) in [7, 11) is 0. The Balaban J connectivity index is 1.41. The summed E-state index contributed by atoms with van der Waals surface area (Å²) in [4.78, 5) is 17.8. The van der Waals surface area contributed by atoms with Crippen LogP contribution in [0.3, 0.4) is 0 Å². The van der Waals surface area contributed by atoms with Crippen molar-refractivity contribution in [3.8, 4) is 0 Å². The van der Waals surface area contributed by atoms with Crippen molar-refractivity contribution in [3.63, 3.8) is 0 Å². The lowest BCUT2D eigenvalue weighted by molar-refractivity contribution is 0.164. The quantitative estimate of drug-likeness (QED) is 0.777. The first kappa shape index (κ1) is 16.2. The van der Waals surface area contributed by atoms with Gasteiger partial charge in [-0.3, -0.25) is 4.57 Å². The highest BCUT2D eigenvalue weighted by Gasteiger charge is 2.21. The van der Waals surface area contributed by atoms with Gasteiger partial charge in [0.25, 0.3) is 0 Å². The Bertz CT molecular complexity index is 881. The van der Waals surface area contributed by atoms with Crippen molar-refractivity contribution in [1.29, 1.82) is 0 Å². The van der Waals surface area contributed by atoms with Crippen molar-refractivity contribution in [2.75, 3.05) is 19.6 Å². The number of rotatable bonds is 5. The Morgan fingerprint density at radius 1 is 1.04 bits per heavy atom. The smallest absolute Gasteiger partial charge is 0.306 e. The molecule has 1 atom stereocenters. The molecule has 1 N–H and O–H groups in total. The summed E-state index contributed by atoms with van der Waals surface area (Å²) >= 11 is 0. The Morgan fingerprint density at radius 3 is 2.72 bits per heavy atom. The van der Waals surface area contributed by atoms with E-state index in [9.17, 15) is 4.79 Å². The lowest BCUT2D eigenvalue weighted by atomic mass is 9.97. The molecule has 2 heterocycles. The van der Waals surface area contributed by atoms with Gasteiger partial charge in [0.05, 0.1) is 11.0 Å². The van der Waals surface area contributed by atoms with E-state index in [2.05, 4.69) is 40.2 Å². The van der Waals surface area contributed by atoms with E-state index in [0.717, 1.165) is 37.1 Å². The van der Waals surface area contributed by atoms with E-state index in [1.54, 1.807) is 0 Å². The Labute approximate surface area is 148 Å². The average Bonchev–Trinajstić information content (AvgIpc) is 2.97. The first-order chi connectivity index (χ1) is 12.3. The van der Waals surface area contributed by atoms with Crippen LogP contribution in [0.4, 0.5) is 0 Å². The molecule has 3 aromatic rings. The molecule has 0 amide bonds. The van der Waals surface area contributed by atoms with E-state index in [1.165, 1.54) is 24.9 Å². The molecular formula is C21H25N3O. The van der Waals surface area contributed by atoms with Crippen LogP contribution >= 0.6 is 0 Å². The van der Waals surface area contributed by atoms with Crippen molar-refractivity contribution in [1.82, 2.24) is 14.5 Å². The highest BCUT2D eigenvalue weighted by molar-refractivity contribution is 5.74. The summed E-state index contributed by atoms with van der Waals surface area (Å²) in [5, 5.41) is 0. The number of piperidine rings is 1. The Morgan fingerprint density at radius 2 is 1.84 bits per heavy atom. The second-order valence-electron chi connectivity index (χ2n) is 7.10. The third kappa shape index (κ3) is 3.69. The summed E-state index contributed by atoms with van der Waals surface area (Å²) < 4.78 is 1.92. The molecule has 2 aromatic carbocycles. The topological polar surface area (TPSA) is 41.0 Å². The maximum Gasteiger partial charge on any atom is 0.326 e. The standard InChI is InChI=1S/C21H25N3O/c25-21-22-19-10-4-5-11-20(19)24(21)16-18-9-6-13-23(15-18)14-12-17-7-2-1-3-8-17/h1-5,7-8,10-11,18H,6,9,12-16H2,(H,22,25). The number of nitrogens with one attached hydrogen (secondary N) is 1. The van der Waals surface area contributed by atoms with E-state index < -0.39 is 0 Å². The van der Waals surface area contributed by atoms with E-state index in [-0.39, 0.29) is 5.69 Å². The van der Waals surface area contributed by atoms with Gasteiger partial charge in [-0.2, -0.15) is 0 Å². The number of H-pyrrole nitrogens is 1. The SMILES string of the molecule is O=c1[nH]c2ccccc2n1CC1CCCN(CCc2ccccc2)C1. The molecule has 1 saturated heterocycles. The molecule has 1 unspecified atom stereocenters. The molecule has 0 aliphatic carbocycles. The van der Waals surface area contributed by atoms with Crippen LogP contribution in [0.5, 0.6) is 0 Å². The third-order valence-corrected chi connectivity index (χ3v) is 5.29. The summed E-state index contributed by atoms with van der Waals surface area (Å²) in [6, 6.07) is 18.7. The van der Waals surface area contributed by atoms with E-state index in [0.29, 0.717) is 5.92 Å². The fraction of sp³-hybridized carbons (Fsp3) is 0.381. The lowest BCUT2D eigenvalue weighted by Crippen LogP contribution is -2.39. The van der Waals surface area contributed by atoms with Gasteiger partial charge in [0.1, 0.15) is 0 Å². The summed E-state index contributed by atoms with van der Waals surface area (Å²) in [5.74, 6) is 0.543. The fourth-order valence-corrected chi connectivity index (χ4v) is 3.98. The van der Waals surface area contributed by atoms with Crippen molar-refractivity contribution in [2.24, 2.45) is 5.92 Å². The number of nitrogens with zero attached hydrogens (tertiary/aromatic N) is 2. The summed E-state index contributed by atoms with van der Waals surface area (Å²) in [6.45, 7) is 4.17. The minimum atomic E-state index is 0.0163. The van der Waals surface area contributed by atoms with Crippen molar-refractivity contribution >= 4 is 11.0 Å². The second kappa shape index (κ2) is 7.28. The number of aromatic nitrogens is 2. The first-order valence-corrected chi connectivity index (χ1v) is 9.23. The molecule has 4 heteroatoms. The lowest BCUT2D eigenvalue weighted by Gasteiger charge is -2.32. The van der Waals surface area contributed by atoms with Crippen LogP contribution in [0.15, 0.2) is 59.4 Å². The molecule has 4 rings (SSSR count). The number of imidazole rings is 1. The summed E-state index contributed by atoms with van der Waals surface area (Å²) in [5.41, 5.74) is 3.37. The highest BCUT2D eigenvalue weighted by atomic mass is 16.1. The summed E-state index contributed by atoms with van der Waals surface area (Å²) in [6.07, 6.45) is 3.52. The minimum Gasteiger partial charge on any atom is -0.306 e. The van der Waals surface area contributed by atoms with Crippen LogP contribution in [0.25, 0.3) is 11.0 Å². The van der Waals surface area contributed by atoms with Crippen LogP contribution in [0.1, 0.15) is 18.4 Å². The van der Waals surface area contributed by atoms with Gasteiger partial charge in [-0.15, -0.1) is 0 Å².